The molecular weight excluding hydrogens is 322 g/mol. The number of nitrogens with two attached hydrogens (primary N) is 2. The molecule has 0 bridgehead atoms. The second-order valence-electron chi connectivity index (χ2n) is 4.28. The SMILES string of the molecule is CC(C)(NS(=O)(=O)c1ccc(N)cc1Br)C(N)=O. The largest absolute Gasteiger partial charge is 0.399 e. The topological polar surface area (TPSA) is 115 Å². The van der Waals surface area contributed by atoms with E-state index in [0.717, 1.165) is 0 Å². The van der Waals surface area contributed by atoms with Crippen LogP contribution in [-0.4, -0.2) is 19.9 Å². The molecule has 0 fully saturated rings. The third kappa shape index (κ3) is 3.21. The Morgan fingerprint density at radius 2 is 1.94 bits per heavy atom. The predicted molar refractivity (Wildman–Crippen MR) is 72.1 cm³/mol. The molecule has 100 valence electrons. The zero-order valence-corrected chi connectivity index (χ0v) is 12.3. The predicted octanol–water partition coefficient (Wildman–Crippen LogP) is 0.574. The van der Waals surface area contributed by atoms with E-state index in [1.807, 2.05) is 0 Å². The molecular formula is C10H14BrN3O3S. The number of hydrogen-bond donors (Lipinski definition) is 3. The van der Waals surface area contributed by atoms with Crippen LogP contribution in [0.5, 0.6) is 0 Å². The van der Waals surface area contributed by atoms with Crippen molar-refractivity contribution in [1.29, 1.82) is 0 Å². The summed E-state index contributed by atoms with van der Waals surface area (Å²) in [6.07, 6.45) is 0. The second kappa shape index (κ2) is 4.87. The maximum Gasteiger partial charge on any atom is 0.242 e. The van der Waals surface area contributed by atoms with Crippen molar-refractivity contribution >= 4 is 37.5 Å². The lowest BCUT2D eigenvalue weighted by atomic mass is 10.1. The van der Waals surface area contributed by atoms with Crippen LogP contribution in [0.25, 0.3) is 0 Å². The number of benzene rings is 1. The number of carbonyl (C=O) groups excluding carboxylic acids is 1. The summed E-state index contributed by atoms with van der Waals surface area (Å²) in [5.41, 5.74) is 9.70. The average Bonchev–Trinajstić information content (AvgIpc) is 2.14. The van der Waals surface area contributed by atoms with Crippen LogP contribution in [0.1, 0.15) is 13.8 Å². The molecule has 0 saturated carbocycles. The maximum absolute atomic E-state index is 12.1. The van der Waals surface area contributed by atoms with Gasteiger partial charge in [0.05, 0.1) is 4.90 Å². The van der Waals surface area contributed by atoms with Crippen molar-refractivity contribution in [2.45, 2.75) is 24.3 Å². The van der Waals surface area contributed by atoms with E-state index < -0.39 is 21.5 Å². The highest BCUT2D eigenvalue weighted by atomic mass is 79.9. The Bertz CT molecular complexity index is 584. The molecule has 0 spiro atoms. The quantitative estimate of drug-likeness (QED) is 0.697. The van der Waals surface area contributed by atoms with Gasteiger partial charge in [-0.05, 0) is 48.0 Å². The fourth-order valence-corrected chi connectivity index (χ4v) is 3.66. The van der Waals surface area contributed by atoms with Crippen molar-refractivity contribution in [1.82, 2.24) is 4.72 Å². The van der Waals surface area contributed by atoms with E-state index in [-0.39, 0.29) is 4.90 Å². The summed E-state index contributed by atoms with van der Waals surface area (Å²) < 4.78 is 26.7. The first-order valence-electron chi connectivity index (χ1n) is 4.95. The van der Waals surface area contributed by atoms with Gasteiger partial charge in [0.25, 0.3) is 0 Å². The Morgan fingerprint density at radius 3 is 2.39 bits per heavy atom. The summed E-state index contributed by atoms with van der Waals surface area (Å²) in [7, 11) is -3.86. The van der Waals surface area contributed by atoms with E-state index >= 15 is 0 Å². The van der Waals surface area contributed by atoms with Gasteiger partial charge in [-0.15, -0.1) is 0 Å². The summed E-state index contributed by atoms with van der Waals surface area (Å²) in [4.78, 5) is 11.1. The Kier molecular flexibility index (Phi) is 4.04. The molecule has 6 nitrogen and oxygen atoms in total. The molecule has 0 aromatic heterocycles. The lowest BCUT2D eigenvalue weighted by Gasteiger charge is -2.22. The van der Waals surface area contributed by atoms with Crippen LogP contribution in [-0.2, 0) is 14.8 Å². The van der Waals surface area contributed by atoms with Crippen LogP contribution in [0.4, 0.5) is 5.69 Å². The molecule has 1 amide bonds. The standard InChI is InChI=1S/C10H14BrN3O3S/c1-10(2,9(13)15)14-18(16,17)8-4-3-6(12)5-7(8)11/h3-5,14H,12H2,1-2H3,(H2,13,15). The van der Waals surface area contributed by atoms with Crippen LogP contribution < -0.4 is 16.2 Å². The van der Waals surface area contributed by atoms with E-state index in [0.29, 0.717) is 10.2 Å². The lowest BCUT2D eigenvalue weighted by molar-refractivity contribution is -0.122. The minimum atomic E-state index is -3.86. The van der Waals surface area contributed by atoms with Crippen molar-refractivity contribution in [3.63, 3.8) is 0 Å². The van der Waals surface area contributed by atoms with Crippen LogP contribution in [0.3, 0.4) is 0 Å². The van der Waals surface area contributed by atoms with Crippen molar-refractivity contribution < 1.29 is 13.2 Å². The van der Waals surface area contributed by atoms with Crippen LogP contribution in [0, 0.1) is 0 Å². The molecule has 1 rings (SSSR count). The normalized spacial score (nSPS) is 12.4. The van der Waals surface area contributed by atoms with Gasteiger partial charge in [0.2, 0.25) is 15.9 Å². The van der Waals surface area contributed by atoms with Crippen molar-refractivity contribution in [3.05, 3.63) is 22.7 Å². The van der Waals surface area contributed by atoms with Gasteiger partial charge in [0, 0.05) is 10.2 Å². The molecule has 18 heavy (non-hydrogen) atoms. The number of sulfonamides is 1. The van der Waals surface area contributed by atoms with Gasteiger partial charge in [-0.2, -0.15) is 4.72 Å². The number of carbonyl (C=O) groups is 1. The molecule has 1 aromatic carbocycles. The van der Waals surface area contributed by atoms with E-state index in [1.54, 1.807) is 0 Å². The minimum Gasteiger partial charge on any atom is -0.399 e. The summed E-state index contributed by atoms with van der Waals surface area (Å²) in [5.74, 6) is -0.766. The zero-order chi connectivity index (χ0) is 14.1. The Labute approximate surface area is 114 Å². The van der Waals surface area contributed by atoms with E-state index in [9.17, 15) is 13.2 Å². The smallest absolute Gasteiger partial charge is 0.242 e. The maximum atomic E-state index is 12.1. The van der Waals surface area contributed by atoms with Gasteiger partial charge >= 0.3 is 0 Å². The van der Waals surface area contributed by atoms with Crippen molar-refractivity contribution in [2.24, 2.45) is 5.73 Å². The van der Waals surface area contributed by atoms with Gasteiger partial charge < -0.3 is 11.5 Å². The van der Waals surface area contributed by atoms with E-state index in [1.165, 1.54) is 32.0 Å². The first-order valence-corrected chi connectivity index (χ1v) is 7.23. The highest BCUT2D eigenvalue weighted by Gasteiger charge is 2.32. The van der Waals surface area contributed by atoms with Crippen LogP contribution in [0.2, 0.25) is 0 Å². The second-order valence-corrected chi connectivity index (χ2v) is 6.79. The number of rotatable bonds is 4. The van der Waals surface area contributed by atoms with Crippen LogP contribution in [0.15, 0.2) is 27.6 Å². The first-order chi connectivity index (χ1) is 8.06. The molecule has 0 atom stereocenters. The van der Waals surface area contributed by atoms with Gasteiger partial charge in [0.1, 0.15) is 5.54 Å². The average molecular weight is 336 g/mol. The Hall–Kier alpha value is -1.12. The number of anilines is 1. The van der Waals surface area contributed by atoms with E-state index in [4.69, 9.17) is 11.5 Å². The molecule has 0 aliphatic rings. The van der Waals surface area contributed by atoms with Gasteiger partial charge in [-0.3, -0.25) is 4.79 Å². The fraction of sp³-hybridized carbons (Fsp3) is 0.300. The third-order valence-electron chi connectivity index (χ3n) is 2.25. The molecule has 0 aliphatic heterocycles. The fourth-order valence-electron chi connectivity index (χ4n) is 1.18. The monoisotopic (exact) mass is 335 g/mol. The molecule has 5 N–H and O–H groups in total. The van der Waals surface area contributed by atoms with Gasteiger partial charge in [-0.25, -0.2) is 8.42 Å². The molecule has 0 aliphatic carbocycles. The molecule has 0 saturated heterocycles. The number of halogens is 1. The molecule has 0 unspecified atom stereocenters. The van der Waals surface area contributed by atoms with Crippen molar-refractivity contribution in [2.75, 3.05) is 5.73 Å². The highest BCUT2D eigenvalue weighted by molar-refractivity contribution is 9.10. The number of primary amides is 1. The Morgan fingerprint density at radius 1 is 1.39 bits per heavy atom. The van der Waals surface area contributed by atoms with Gasteiger partial charge in [-0.1, -0.05) is 0 Å². The first kappa shape index (κ1) is 14.9. The number of amides is 1. The Balaban J connectivity index is 3.19. The highest BCUT2D eigenvalue weighted by Crippen LogP contribution is 2.25. The summed E-state index contributed by atoms with van der Waals surface area (Å²) in [6, 6.07) is 4.27. The lowest BCUT2D eigenvalue weighted by Crippen LogP contribution is -2.52. The number of nitrogens with one attached hydrogen (secondary N) is 1. The summed E-state index contributed by atoms with van der Waals surface area (Å²) in [5, 5.41) is 0. The van der Waals surface area contributed by atoms with Gasteiger partial charge in [0.15, 0.2) is 0 Å². The number of hydrogen-bond acceptors (Lipinski definition) is 4. The third-order valence-corrected chi connectivity index (χ3v) is 4.88. The molecule has 8 heteroatoms. The molecule has 0 radical (unpaired) electrons. The zero-order valence-electron chi connectivity index (χ0n) is 9.90. The molecule has 1 aromatic rings. The minimum absolute atomic E-state index is 0.00831. The summed E-state index contributed by atoms with van der Waals surface area (Å²) >= 11 is 3.11. The summed E-state index contributed by atoms with van der Waals surface area (Å²) in [6.45, 7) is 2.77. The molecule has 0 heterocycles. The number of nitrogen functional groups attached to an aromatic ring is 1. The van der Waals surface area contributed by atoms with Crippen molar-refractivity contribution in [3.8, 4) is 0 Å². The van der Waals surface area contributed by atoms with Crippen LogP contribution >= 0.6 is 15.9 Å². The van der Waals surface area contributed by atoms with E-state index in [2.05, 4.69) is 20.7 Å².